The second-order valence-corrected chi connectivity index (χ2v) is 7.82. The normalized spacial score (nSPS) is 23.9. The molecule has 27 heavy (non-hydrogen) atoms. The summed E-state index contributed by atoms with van der Waals surface area (Å²) in [6, 6.07) is 15.1. The van der Waals surface area contributed by atoms with Crippen molar-refractivity contribution in [1.29, 1.82) is 0 Å². The average Bonchev–Trinajstić information content (AvgIpc) is 2.67. The SMILES string of the molecule is FC(F)(F)c1[c]ccc(N2CCN3C[C@@H](c4ccc(Cl)cc4)CC[C@@H]3C2)c1. The molecule has 0 N–H and O–H groups in total. The lowest BCUT2D eigenvalue weighted by atomic mass is 9.86. The Kier molecular flexibility index (Phi) is 5.08. The smallest absolute Gasteiger partial charge is 0.369 e. The Bertz CT molecular complexity index is 791. The van der Waals surface area contributed by atoms with Gasteiger partial charge < -0.3 is 4.90 Å². The van der Waals surface area contributed by atoms with E-state index in [1.165, 1.54) is 17.7 Å². The fraction of sp³-hybridized carbons (Fsp3) is 0.429. The van der Waals surface area contributed by atoms with Crippen molar-refractivity contribution in [2.24, 2.45) is 0 Å². The number of piperazine rings is 1. The Morgan fingerprint density at radius 2 is 1.78 bits per heavy atom. The molecular formula is C21H21ClF3N2. The fourth-order valence-corrected chi connectivity index (χ4v) is 4.36. The number of alkyl halides is 3. The highest BCUT2D eigenvalue weighted by molar-refractivity contribution is 6.30. The number of hydrogen-bond acceptors (Lipinski definition) is 2. The van der Waals surface area contributed by atoms with E-state index in [1.807, 2.05) is 12.1 Å². The molecule has 6 heteroatoms. The van der Waals surface area contributed by atoms with Gasteiger partial charge in [-0.25, -0.2) is 0 Å². The van der Waals surface area contributed by atoms with Gasteiger partial charge in [0.15, 0.2) is 0 Å². The molecule has 4 rings (SSSR count). The van der Waals surface area contributed by atoms with Gasteiger partial charge in [-0.15, -0.1) is 0 Å². The molecule has 0 unspecified atom stereocenters. The largest absolute Gasteiger partial charge is 0.417 e. The highest BCUT2D eigenvalue weighted by Crippen LogP contribution is 2.35. The zero-order valence-corrected chi connectivity index (χ0v) is 15.6. The van der Waals surface area contributed by atoms with E-state index in [2.05, 4.69) is 28.0 Å². The molecule has 0 aliphatic carbocycles. The third-order valence-corrected chi connectivity index (χ3v) is 5.96. The molecule has 2 aliphatic heterocycles. The number of halogens is 4. The van der Waals surface area contributed by atoms with Gasteiger partial charge in [0.05, 0.1) is 5.56 Å². The summed E-state index contributed by atoms with van der Waals surface area (Å²) in [5.74, 6) is 0.494. The summed E-state index contributed by atoms with van der Waals surface area (Å²) in [4.78, 5) is 4.56. The Balaban J connectivity index is 1.43. The lowest BCUT2D eigenvalue weighted by molar-refractivity contribution is -0.137. The van der Waals surface area contributed by atoms with Crippen molar-refractivity contribution in [3.05, 3.63) is 64.7 Å². The minimum absolute atomic E-state index is 0.390. The number of anilines is 1. The van der Waals surface area contributed by atoms with Gasteiger partial charge in [-0.05, 0) is 54.7 Å². The van der Waals surface area contributed by atoms with Crippen molar-refractivity contribution >= 4 is 17.3 Å². The first-order valence-electron chi connectivity index (χ1n) is 9.23. The van der Waals surface area contributed by atoms with E-state index in [1.54, 1.807) is 6.07 Å². The van der Waals surface area contributed by atoms with E-state index in [9.17, 15) is 13.2 Å². The van der Waals surface area contributed by atoms with Crippen molar-refractivity contribution < 1.29 is 13.2 Å². The molecule has 1 radical (unpaired) electrons. The van der Waals surface area contributed by atoms with Crippen molar-refractivity contribution in [3.8, 4) is 0 Å². The summed E-state index contributed by atoms with van der Waals surface area (Å²) >= 11 is 5.99. The number of nitrogens with zero attached hydrogens (tertiary/aromatic N) is 2. The standard InChI is InChI=1S/C21H21ClF3N2/c22-18-7-4-15(5-8-18)16-6-9-20-14-27(11-10-26(20)13-16)19-3-1-2-17(12-19)21(23,24)25/h1,3-5,7-8,12,16,20H,6,9-11,13-14H2/t16-,20+/m0/s1. The van der Waals surface area contributed by atoms with E-state index < -0.39 is 11.7 Å². The van der Waals surface area contributed by atoms with Gasteiger partial charge in [-0.2, -0.15) is 13.2 Å². The minimum atomic E-state index is -4.35. The molecule has 2 fully saturated rings. The maximum Gasteiger partial charge on any atom is 0.417 e. The van der Waals surface area contributed by atoms with Crippen LogP contribution in [0.1, 0.15) is 29.9 Å². The number of fused-ring (bicyclic) bond motifs is 1. The Morgan fingerprint density at radius 3 is 2.52 bits per heavy atom. The van der Waals surface area contributed by atoms with E-state index in [4.69, 9.17) is 11.6 Å². The Labute approximate surface area is 162 Å². The van der Waals surface area contributed by atoms with Crippen LogP contribution in [0.15, 0.2) is 42.5 Å². The van der Waals surface area contributed by atoms with Crippen molar-refractivity contribution in [2.45, 2.75) is 31.0 Å². The first kappa shape index (κ1) is 18.6. The van der Waals surface area contributed by atoms with Crippen molar-refractivity contribution in [2.75, 3.05) is 31.1 Å². The maximum absolute atomic E-state index is 13.0. The summed E-state index contributed by atoms with van der Waals surface area (Å²) in [6.07, 6.45) is -2.21. The van der Waals surface area contributed by atoms with Gasteiger partial charge in [0.2, 0.25) is 0 Å². The molecule has 2 heterocycles. The van der Waals surface area contributed by atoms with Crippen LogP contribution in [0.5, 0.6) is 0 Å². The summed E-state index contributed by atoms with van der Waals surface area (Å²) in [7, 11) is 0. The molecule has 0 bridgehead atoms. The van der Waals surface area contributed by atoms with Crippen LogP contribution < -0.4 is 4.90 Å². The van der Waals surface area contributed by atoms with Gasteiger partial charge in [0.25, 0.3) is 0 Å². The molecule has 2 nitrogen and oxygen atoms in total. The first-order chi connectivity index (χ1) is 12.9. The lowest BCUT2D eigenvalue weighted by Gasteiger charge is -2.47. The average molecular weight is 394 g/mol. The summed E-state index contributed by atoms with van der Waals surface area (Å²) in [5, 5.41) is 0.749. The molecule has 2 atom stereocenters. The molecule has 2 aliphatic rings. The highest BCUT2D eigenvalue weighted by Gasteiger charge is 2.35. The predicted molar refractivity (Wildman–Crippen MR) is 101 cm³/mol. The van der Waals surface area contributed by atoms with E-state index in [0.29, 0.717) is 17.6 Å². The highest BCUT2D eigenvalue weighted by atomic mass is 35.5. The van der Waals surface area contributed by atoms with Crippen LogP contribution in [0, 0.1) is 6.07 Å². The zero-order chi connectivity index (χ0) is 19.0. The van der Waals surface area contributed by atoms with Crippen molar-refractivity contribution in [1.82, 2.24) is 4.90 Å². The predicted octanol–water partition coefficient (Wildman–Crippen LogP) is 5.23. The van der Waals surface area contributed by atoms with Crippen LogP contribution >= 0.6 is 11.6 Å². The monoisotopic (exact) mass is 393 g/mol. The number of hydrogen-bond donors (Lipinski definition) is 0. The Morgan fingerprint density at radius 1 is 1.00 bits per heavy atom. The quantitative estimate of drug-likeness (QED) is 0.689. The molecule has 0 aromatic heterocycles. The van der Waals surface area contributed by atoms with Crippen LogP contribution in [0.4, 0.5) is 18.9 Å². The van der Waals surface area contributed by atoms with Gasteiger partial charge in [0, 0.05) is 42.9 Å². The van der Waals surface area contributed by atoms with Crippen LogP contribution in [0.3, 0.4) is 0 Å². The minimum Gasteiger partial charge on any atom is -0.369 e. The van der Waals surface area contributed by atoms with Gasteiger partial charge in [-0.1, -0.05) is 29.8 Å². The van der Waals surface area contributed by atoms with Gasteiger partial charge >= 0.3 is 6.18 Å². The molecule has 0 amide bonds. The summed E-state index contributed by atoms with van der Waals surface area (Å²) < 4.78 is 38.9. The third-order valence-electron chi connectivity index (χ3n) is 5.71. The second-order valence-electron chi connectivity index (χ2n) is 7.38. The van der Waals surface area contributed by atoms with Crippen LogP contribution in [-0.4, -0.2) is 37.1 Å². The maximum atomic E-state index is 13.0. The van der Waals surface area contributed by atoms with E-state index in [-0.39, 0.29) is 0 Å². The van der Waals surface area contributed by atoms with Crippen LogP contribution in [-0.2, 0) is 6.18 Å². The van der Waals surface area contributed by atoms with Gasteiger partial charge in [-0.3, -0.25) is 4.90 Å². The molecule has 2 saturated heterocycles. The second kappa shape index (κ2) is 7.36. The van der Waals surface area contributed by atoms with Crippen LogP contribution in [0.25, 0.3) is 0 Å². The van der Waals surface area contributed by atoms with E-state index in [0.717, 1.165) is 44.0 Å². The number of benzene rings is 2. The van der Waals surface area contributed by atoms with Crippen molar-refractivity contribution in [3.63, 3.8) is 0 Å². The lowest BCUT2D eigenvalue weighted by Crippen LogP contribution is -2.56. The topological polar surface area (TPSA) is 6.48 Å². The zero-order valence-electron chi connectivity index (χ0n) is 14.8. The summed E-state index contributed by atoms with van der Waals surface area (Å²) in [5.41, 5.74) is 1.25. The Hall–Kier alpha value is -1.72. The van der Waals surface area contributed by atoms with E-state index >= 15 is 0 Å². The first-order valence-corrected chi connectivity index (χ1v) is 9.61. The van der Waals surface area contributed by atoms with Crippen LogP contribution in [0.2, 0.25) is 5.02 Å². The summed E-state index contributed by atoms with van der Waals surface area (Å²) in [6.45, 7) is 3.38. The molecule has 2 aromatic carbocycles. The molecule has 2 aromatic rings. The molecule has 143 valence electrons. The molecule has 0 saturated carbocycles. The van der Waals surface area contributed by atoms with Gasteiger partial charge in [0.1, 0.15) is 0 Å². The number of rotatable bonds is 2. The fourth-order valence-electron chi connectivity index (χ4n) is 4.23. The molecular weight excluding hydrogens is 373 g/mol. The number of piperidine rings is 1. The molecule has 0 spiro atoms. The third kappa shape index (κ3) is 4.09.